The molecule has 2 rings (SSSR count). The minimum absolute atomic E-state index is 0.00250. The summed E-state index contributed by atoms with van der Waals surface area (Å²) in [6, 6.07) is 0.226. The van der Waals surface area contributed by atoms with Gasteiger partial charge in [0.2, 0.25) is 5.91 Å². The maximum atomic E-state index is 12.1. The molecule has 118 valence electrons. The van der Waals surface area contributed by atoms with Crippen LogP contribution in [0.15, 0.2) is 12.7 Å². The van der Waals surface area contributed by atoms with Gasteiger partial charge in [-0.1, -0.05) is 6.58 Å². The molecule has 1 atom stereocenters. The van der Waals surface area contributed by atoms with Crippen molar-refractivity contribution in [2.45, 2.75) is 52.2 Å². The van der Waals surface area contributed by atoms with E-state index in [1.165, 1.54) is 6.08 Å². The third-order valence-electron chi connectivity index (χ3n) is 4.71. The summed E-state index contributed by atoms with van der Waals surface area (Å²) in [6.45, 7) is 13.5. The van der Waals surface area contributed by atoms with E-state index < -0.39 is 5.60 Å². The molecule has 21 heavy (non-hydrogen) atoms. The molecule has 0 aromatic rings. The lowest BCUT2D eigenvalue weighted by Crippen LogP contribution is -2.67. The fraction of sp³-hybridized carbons (Fsp3) is 0.750. The first-order valence-corrected chi connectivity index (χ1v) is 7.59. The Balaban J connectivity index is 1.88. The Morgan fingerprint density at radius 2 is 1.86 bits per heavy atom. The first-order valence-electron chi connectivity index (χ1n) is 7.59. The highest BCUT2D eigenvalue weighted by molar-refractivity contribution is 5.88. The third kappa shape index (κ3) is 3.06. The van der Waals surface area contributed by atoms with Crippen molar-refractivity contribution in [2.24, 2.45) is 5.41 Å². The van der Waals surface area contributed by atoms with Crippen molar-refractivity contribution in [3.8, 4) is 0 Å². The van der Waals surface area contributed by atoms with E-state index in [1.807, 2.05) is 25.7 Å². The number of hydrogen-bond donors (Lipinski definition) is 0. The van der Waals surface area contributed by atoms with E-state index in [1.54, 1.807) is 4.90 Å². The summed E-state index contributed by atoms with van der Waals surface area (Å²) in [5, 5.41) is 0. The summed E-state index contributed by atoms with van der Waals surface area (Å²) in [6.07, 6.45) is 2.99. The van der Waals surface area contributed by atoms with Crippen LogP contribution < -0.4 is 0 Å². The number of likely N-dealkylation sites (tertiary alicyclic amines) is 2. The van der Waals surface area contributed by atoms with Crippen molar-refractivity contribution in [1.82, 2.24) is 9.80 Å². The van der Waals surface area contributed by atoms with E-state index in [0.717, 1.165) is 19.4 Å². The van der Waals surface area contributed by atoms with Gasteiger partial charge in [0.05, 0.1) is 0 Å². The topological polar surface area (TPSA) is 49.9 Å². The van der Waals surface area contributed by atoms with Crippen LogP contribution in [0.2, 0.25) is 0 Å². The van der Waals surface area contributed by atoms with Crippen LogP contribution in [-0.2, 0) is 9.53 Å². The Hall–Kier alpha value is -1.52. The van der Waals surface area contributed by atoms with Crippen LogP contribution in [0.1, 0.15) is 40.5 Å². The molecule has 0 bridgehead atoms. The SMILES string of the molecule is C=CC(=O)N1CC2(CCN(C(=O)OC(C)(C)C)CC2)[C@@H]1C. The molecule has 2 saturated heterocycles. The second-order valence-corrected chi connectivity index (χ2v) is 7.18. The van der Waals surface area contributed by atoms with Gasteiger partial charge in [0.15, 0.2) is 0 Å². The van der Waals surface area contributed by atoms with E-state index in [9.17, 15) is 9.59 Å². The summed E-state index contributed by atoms with van der Waals surface area (Å²) in [5.74, 6) is 0.00250. The van der Waals surface area contributed by atoms with Gasteiger partial charge >= 0.3 is 6.09 Å². The van der Waals surface area contributed by atoms with Gasteiger partial charge in [0, 0.05) is 31.1 Å². The maximum Gasteiger partial charge on any atom is 0.410 e. The zero-order valence-electron chi connectivity index (χ0n) is 13.5. The van der Waals surface area contributed by atoms with Crippen LogP contribution in [0.4, 0.5) is 4.79 Å². The molecule has 2 aliphatic heterocycles. The second-order valence-electron chi connectivity index (χ2n) is 7.18. The van der Waals surface area contributed by atoms with Crippen LogP contribution in [0.25, 0.3) is 0 Å². The molecule has 5 heteroatoms. The molecular formula is C16H26N2O3. The monoisotopic (exact) mass is 294 g/mol. The molecule has 0 N–H and O–H groups in total. The fourth-order valence-corrected chi connectivity index (χ4v) is 3.25. The van der Waals surface area contributed by atoms with E-state index in [2.05, 4.69) is 13.5 Å². The van der Waals surface area contributed by atoms with Gasteiger partial charge in [-0.2, -0.15) is 0 Å². The van der Waals surface area contributed by atoms with Crippen molar-refractivity contribution >= 4 is 12.0 Å². The lowest BCUT2D eigenvalue weighted by atomic mass is 9.66. The number of ether oxygens (including phenoxy) is 1. The first-order chi connectivity index (χ1) is 9.68. The third-order valence-corrected chi connectivity index (χ3v) is 4.71. The van der Waals surface area contributed by atoms with Gasteiger partial charge in [-0.3, -0.25) is 4.79 Å². The molecule has 2 heterocycles. The van der Waals surface area contributed by atoms with Gasteiger partial charge in [-0.25, -0.2) is 4.79 Å². The van der Waals surface area contributed by atoms with Gasteiger partial charge in [0.1, 0.15) is 5.60 Å². The largest absolute Gasteiger partial charge is 0.444 e. The van der Waals surface area contributed by atoms with Gasteiger partial charge in [-0.15, -0.1) is 0 Å². The molecule has 0 unspecified atom stereocenters. The molecule has 0 radical (unpaired) electrons. The lowest BCUT2D eigenvalue weighted by Gasteiger charge is -2.59. The molecule has 0 saturated carbocycles. The van der Waals surface area contributed by atoms with Crippen LogP contribution in [-0.4, -0.2) is 53.1 Å². The van der Waals surface area contributed by atoms with Crippen molar-refractivity contribution in [2.75, 3.05) is 19.6 Å². The predicted molar refractivity (Wildman–Crippen MR) is 80.8 cm³/mol. The molecule has 1 spiro atoms. The van der Waals surface area contributed by atoms with Crippen molar-refractivity contribution in [3.05, 3.63) is 12.7 Å². The second kappa shape index (κ2) is 5.35. The van der Waals surface area contributed by atoms with E-state index >= 15 is 0 Å². The van der Waals surface area contributed by atoms with E-state index in [4.69, 9.17) is 4.74 Å². The average molecular weight is 294 g/mol. The summed E-state index contributed by atoms with van der Waals surface area (Å²) in [7, 11) is 0. The lowest BCUT2D eigenvalue weighted by molar-refractivity contribution is -0.153. The zero-order chi connectivity index (χ0) is 15.8. The Labute approximate surface area is 126 Å². The molecule has 0 aliphatic carbocycles. The Bertz CT molecular complexity index is 445. The molecule has 0 aromatic heterocycles. The standard InChI is InChI=1S/C16H26N2O3/c1-6-13(19)18-11-16(12(18)2)7-9-17(10-8-16)14(20)21-15(3,4)5/h6,12H,1,7-11H2,2-5H3/t12-/m0/s1. The van der Waals surface area contributed by atoms with E-state index in [-0.39, 0.29) is 23.5 Å². The fourth-order valence-electron chi connectivity index (χ4n) is 3.25. The van der Waals surface area contributed by atoms with Crippen LogP contribution >= 0.6 is 0 Å². The molecule has 2 fully saturated rings. The normalized spacial score (nSPS) is 24.5. The highest BCUT2D eigenvalue weighted by Gasteiger charge is 2.52. The number of carbonyl (C=O) groups excluding carboxylic acids is 2. The molecule has 2 amide bonds. The number of hydrogen-bond acceptors (Lipinski definition) is 3. The number of carbonyl (C=O) groups is 2. The quantitative estimate of drug-likeness (QED) is 0.698. The summed E-state index contributed by atoms with van der Waals surface area (Å²) < 4.78 is 5.41. The Morgan fingerprint density at radius 1 is 1.29 bits per heavy atom. The Kier molecular flexibility index (Phi) is 4.04. The minimum atomic E-state index is -0.455. The van der Waals surface area contributed by atoms with Crippen molar-refractivity contribution in [1.29, 1.82) is 0 Å². The maximum absolute atomic E-state index is 12.1. The van der Waals surface area contributed by atoms with E-state index in [0.29, 0.717) is 13.1 Å². The van der Waals surface area contributed by atoms with Crippen LogP contribution in [0.3, 0.4) is 0 Å². The highest BCUT2D eigenvalue weighted by atomic mass is 16.6. The molecular weight excluding hydrogens is 268 g/mol. The Morgan fingerprint density at radius 3 is 2.29 bits per heavy atom. The predicted octanol–water partition coefficient (Wildman–Crippen LogP) is 2.42. The molecule has 2 aliphatic rings. The van der Waals surface area contributed by atoms with Gasteiger partial charge < -0.3 is 14.5 Å². The van der Waals surface area contributed by atoms with Crippen molar-refractivity contribution < 1.29 is 14.3 Å². The van der Waals surface area contributed by atoms with Crippen molar-refractivity contribution in [3.63, 3.8) is 0 Å². The number of rotatable bonds is 1. The minimum Gasteiger partial charge on any atom is -0.444 e. The highest BCUT2D eigenvalue weighted by Crippen LogP contribution is 2.46. The zero-order valence-corrected chi connectivity index (χ0v) is 13.5. The van der Waals surface area contributed by atoms with Crippen LogP contribution in [0.5, 0.6) is 0 Å². The molecule has 5 nitrogen and oxygen atoms in total. The summed E-state index contributed by atoms with van der Waals surface area (Å²) >= 11 is 0. The summed E-state index contributed by atoms with van der Waals surface area (Å²) in [4.78, 5) is 27.4. The smallest absolute Gasteiger partial charge is 0.410 e. The summed E-state index contributed by atoms with van der Waals surface area (Å²) in [5.41, 5.74) is -0.291. The number of nitrogens with zero attached hydrogens (tertiary/aromatic N) is 2. The average Bonchev–Trinajstić information content (AvgIpc) is 2.42. The molecule has 0 aromatic carbocycles. The van der Waals surface area contributed by atoms with Gasteiger partial charge in [-0.05, 0) is 46.6 Å². The number of amides is 2. The first kappa shape index (κ1) is 15.9. The van der Waals surface area contributed by atoms with Crippen LogP contribution in [0, 0.1) is 5.41 Å². The number of piperidine rings is 1. The van der Waals surface area contributed by atoms with Gasteiger partial charge in [0.25, 0.3) is 0 Å².